The number of methoxy groups -OCH3 is 1. The molecule has 5 rings (SSSR count). The summed E-state index contributed by atoms with van der Waals surface area (Å²) in [6.07, 6.45) is 1.26. The van der Waals surface area contributed by atoms with Gasteiger partial charge in [-0.3, -0.25) is 14.4 Å². The number of benzene rings is 2. The van der Waals surface area contributed by atoms with Gasteiger partial charge < -0.3 is 29.2 Å². The fourth-order valence-corrected chi connectivity index (χ4v) is 5.82. The molecule has 0 radical (unpaired) electrons. The van der Waals surface area contributed by atoms with Crippen molar-refractivity contribution in [2.45, 2.75) is 18.6 Å². The molecule has 44 heavy (non-hydrogen) atoms. The van der Waals surface area contributed by atoms with Crippen LogP contribution in [0.2, 0.25) is 0 Å². The third-order valence-corrected chi connectivity index (χ3v) is 8.26. The Morgan fingerprint density at radius 1 is 1.16 bits per heavy atom. The number of amides is 1. The molecule has 3 heterocycles. The number of aromatic carboxylic acids is 1. The van der Waals surface area contributed by atoms with Gasteiger partial charge in [0.15, 0.2) is 5.16 Å². The number of hydrogen-bond donors (Lipinski definition) is 2. The molecular formula is C30H27FN6O6S. The number of carboxylic acids is 1. The van der Waals surface area contributed by atoms with E-state index in [1.165, 1.54) is 13.3 Å². The molecule has 2 N–H and O–H groups in total. The zero-order valence-corrected chi connectivity index (χ0v) is 24.6. The highest BCUT2D eigenvalue weighted by atomic mass is 32.2. The second-order valence-electron chi connectivity index (χ2n) is 9.88. The first-order chi connectivity index (χ1) is 21.1. The molecule has 12 nitrogen and oxygen atoms in total. The minimum absolute atomic E-state index is 0.0107. The number of nitriles is 1. The molecule has 2 aromatic heterocycles. The van der Waals surface area contributed by atoms with Crippen LogP contribution in [0.1, 0.15) is 22.8 Å². The van der Waals surface area contributed by atoms with Gasteiger partial charge in [-0.2, -0.15) is 5.26 Å². The number of pyridine rings is 1. The monoisotopic (exact) mass is 618 g/mol. The summed E-state index contributed by atoms with van der Waals surface area (Å²) in [5.74, 6) is -1.64. The molecule has 1 fully saturated rings. The Morgan fingerprint density at radius 3 is 2.48 bits per heavy atom. The number of carbonyl (C=O) groups excluding carboxylic acids is 1. The van der Waals surface area contributed by atoms with Gasteiger partial charge in [0, 0.05) is 49.9 Å². The topological polar surface area (TPSA) is 162 Å². The smallest absolute Gasteiger partial charge is 0.341 e. The summed E-state index contributed by atoms with van der Waals surface area (Å²) < 4.78 is 22.0. The lowest BCUT2D eigenvalue weighted by Gasteiger charge is -2.36. The van der Waals surface area contributed by atoms with E-state index in [2.05, 4.69) is 9.97 Å². The maximum absolute atomic E-state index is 15.2. The molecule has 0 aliphatic carbocycles. The average Bonchev–Trinajstić information content (AvgIpc) is 3.03. The Bertz CT molecular complexity index is 1930. The van der Waals surface area contributed by atoms with E-state index in [4.69, 9.17) is 4.74 Å². The van der Waals surface area contributed by atoms with Crippen LogP contribution in [0, 0.1) is 17.1 Å². The number of carbonyl (C=O) groups is 2. The van der Waals surface area contributed by atoms with Crippen LogP contribution in [0.5, 0.6) is 5.75 Å². The Kier molecular flexibility index (Phi) is 8.68. The van der Waals surface area contributed by atoms with E-state index in [0.29, 0.717) is 49.6 Å². The van der Waals surface area contributed by atoms with Gasteiger partial charge in [0.2, 0.25) is 11.3 Å². The first kappa shape index (κ1) is 30.3. The lowest BCUT2D eigenvalue weighted by molar-refractivity contribution is -0.128. The number of H-pyrrole nitrogens is 1. The standard InChI is InChI=1S/C30H27FN6O6S/c1-3-35-15-21(29(41)42)27(39)19-12-22(31)24(13-23(19)35)36-8-10-37(11-9-36)25(38)16-44-30-33-26(20(14-32)28(40)34-30)17-4-6-18(43-2)7-5-17/h4-7,12-13,15H,3,8-11,16H2,1-2H3,(H,41,42)(H,33,34,40). The first-order valence-corrected chi connectivity index (χ1v) is 14.6. The number of thioether (sulfide) groups is 1. The third kappa shape index (κ3) is 5.86. The van der Waals surface area contributed by atoms with Crippen LogP contribution in [0.4, 0.5) is 10.1 Å². The number of aromatic nitrogens is 3. The van der Waals surface area contributed by atoms with Crippen molar-refractivity contribution in [1.82, 2.24) is 19.4 Å². The van der Waals surface area contributed by atoms with Crippen molar-refractivity contribution in [3.8, 4) is 23.1 Å². The minimum Gasteiger partial charge on any atom is -0.497 e. The van der Waals surface area contributed by atoms with Crippen LogP contribution in [-0.2, 0) is 11.3 Å². The van der Waals surface area contributed by atoms with E-state index in [1.807, 2.05) is 6.07 Å². The highest BCUT2D eigenvalue weighted by Crippen LogP contribution is 2.27. The molecule has 226 valence electrons. The fourth-order valence-electron chi connectivity index (χ4n) is 5.06. The zero-order valence-electron chi connectivity index (χ0n) is 23.8. The highest BCUT2D eigenvalue weighted by molar-refractivity contribution is 7.99. The number of carboxylic acid groups (broad SMARTS) is 1. The maximum Gasteiger partial charge on any atom is 0.341 e. The number of fused-ring (bicyclic) bond motifs is 1. The molecule has 0 unspecified atom stereocenters. The van der Waals surface area contributed by atoms with Gasteiger partial charge in [0.25, 0.3) is 5.56 Å². The largest absolute Gasteiger partial charge is 0.497 e. The van der Waals surface area contributed by atoms with E-state index < -0.39 is 28.3 Å². The number of anilines is 1. The van der Waals surface area contributed by atoms with Crippen molar-refractivity contribution in [1.29, 1.82) is 5.26 Å². The van der Waals surface area contributed by atoms with Gasteiger partial charge in [-0.15, -0.1) is 0 Å². The van der Waals surface area contributed by atoms with Crippen LogP contribution in [0.25, 0.3) is 22.2 Å². The highest BCUT2D eigenvalue weighted by Gasteiger charge is 2.25. The van der Waals surface area contributed by atoms with Crippen LogP contribution >= 0.6 is 11.8 Å². The predicted octanol–water partition coefficient (Wildman–Crippen LogP) is 2.93. The normalized spacial score (nSPS) is 13.1. The molecule has 0 spiro atoms. The van der Waals surface area contributed by atoms with Crippen LogP contribution in [0.15, 0.2) is 57.3 Å². The van der Waals surface area contributed by atoms with Crippen molar-refractivity contribution < 1.29 is 23.8 Å². The SMILES string of the molecule is CCn1cc(C(=O)O)c(=O)c2cc(F)c(N3CCN(C(=O)CSc4nc(-c5ccc(OC)cc5)c(C#N)c(=O)[nH]4)CC3)cc21. The average molecular weight is 619 g/mol. The van der Waals surface area contributed by atoms with Crippen molar-refractivity contribution in [2.75, 3.05) is 43.9 Å². The summed E-state index contributed by atoms with van der Waals surface area (Å²) in [4.78, 5) is 60.2. The van der Waals surface area contributed by atoms with Crippen LogP contribution in [0.3, 0.4) is 0 Å². The van der Waals surface area contributed by atoms with Crippen molar-refractivity contribution in [2.24, 2.45) is 0 Å². The van der Waals surface area contributed by atoms with Crippen LogP contribution < -0.4 is 20.6 Å². The Labute approximate surface area is 254 Å². The van der Waals surface area contributed by atoms with Gasteiger partial charge in [0.05, 0.1) is 29.8 Å². The molecule has 0 atom stereocenters. The molecule has 0 bridgehead atoms. The molecule has 4 aromatic rings. The van der Waals surface area contributed by atoms with E-state index >= 15 is 4.39 Å². The number of aryl methyl sites for hydroxylation is 1. The molecule has 1 amide bonds. The molecule has 0 saturated carbocycles. The molecule has 1 aliphatic heterocycles. The first-order valence-electron chi connectivity index (χ1n) is 13.6. The molecule has 14 heteroatoms. The van der Waals surface area contributed by atoms with Gasteiger partial charge in [-0.25, -0.2) is 14.2 Å². The summed E-state index contributed by atoms with van der Waals surface area (Å²) in [6.45, 7) is 3.45. The van der Waals surface area contributed by atoms with Gasteiger partial charge in [-0.1, -0.05) is 11.8 Å². The van der Waals surface area contributed by atoms with E-state index in [0.717, 1.165) is 17.8 Å². The van der Waals surface area contributed by atoms with E-state index in [-0.39, 0.29) is 39.1 Å². The lowest BCUT2D eigenvalue weighted by atomic mass is 10.1. The Balaban J connectivity index is 1.28. The molecule has 1 saturated heterocycles. The molecular weight excluding hydrogens is 591 g/mol. The third-order valence-electron chi connectivity index (χ3n) is 7.40. The van der Waals surface area contributed by atoms with E-state index in [9.17, 15) is 29.5 Å². The van der Waals surface area contributed by atoms with Crippen molar-refractivity contribution in [3.63, 3.8) is 0 Å². The number of rotatable bonds is 8. The Morgan fingerprint density at radius 2 is 1.86 bits per heavy atom. The summed E-state index contributed by atoms with van der Waals surface area (Å²) in [6, 6.07) is 11.3. The number of halogens is 1. The number of nitrogens with one attached hydrogen (secondary N) is 1. The predicted molar refractivity (Wildman–Crippen MR) is 162 cm³/mol. The van der Waals surface area contributed by atoms with Gasteiger partial charge >= 0.3 is 5.97 Å². The summed E-state index contributed by atoms with van der Waals surface area (Å²) in [7, 11) is 1.53. The minimum atomic E-state index is -1.37. The van der Waals surface area contributed by atoms with Gasteiger partial charge in [-0.05, 0) is 43.3 Å². The Hall–Kier alpha value is -5.16. The summed E-state index contributed by atoms with van der Waals surface area (Å²) in [5, 5.41) is 19.1. The van der Waals surface area contributed by atoms with Crippen molar-refractivity contribution in [3.05, 3.63) is 80.1 Å². The second kappa shape index (κ2) is 12.6. The maximum atomic E-state index is 15.2. The summed E-state index contributed by atoms with van der Waals surface area (Å²) >= 11 is 1.04. The zero-order chi connectivity index (χ0) is 31.5. The fraction of sp³-hybridized carbons (Fsp3) is 0.267. The molecule has 1 aliphatic rings. The lowest BCUT2D eigenvalue weighted by Crippen LogP contribution is -2.49. The van der Waals surface area contributed by atoms with E-state index in [1.54, 1.807) is 51.6 Å². The number of hydrogen-bond acceptors (Lipinski definition) is 9. The van der Waals surface area contributed by atoms with Crippen molar-refractivity contribution >= 4 is 40.2 Å². The summed E-state index contributed by atoms with van der Waals surface area (Å²) in [5.41, 5.74) is -0.480. The number of piperazine rings is 1. The number of ether oxygens (including phenoxy) is 1. The number of aromatic amines is 1. The quantitative estimate of drug-likeness (QED) is 0.222. The number of nitrogens with zero attached hydrogens (tertiary/aromatic N) is 5. The van der Waals surface area contributed by atoms with Crippen LogP contribution in [-0.4, -0.2) is 75.5 Å². The van der Waals surface area contributed by atoms with Gasteiger partial charge in [0.1, 0.15) is 28.8 Å². The second-order valence-corrected chi connectivity index (χ2v) is 10.8. The molecule has 2 aromatic carbocycles.